The number of nitrogens with zero attached hydrogens (tertiary/aromatic N) is 2. The lowest BCUT2D eigenvalue weighted by atomic mass is 10.1. The number of hydrogen-bond acceptors (Lipinski definition) is 3. The van der Waals surface area contributed by atoms with Crippen molar-refractivity contribution in [1.82, 2.24) is 9.88 Å². The van der Waals surface area contributed by atoms with Gasteiger partial charge in [0.25, 0.3) is 11.5 Å². The Hall–Kier alpha value is -3.08. The molecule has 1 amide bonds. The summed E-state index contributed by atoms with van der Waals surface area (Å²) in [6, 6.07) is 17.0. The molecule has 0 spiro atoms. The lowest BCUT2D eigenvalue weighted by Crippen LogP contribution is -2.28. The van der Waals surface area contributed by atoms with Crippen molar-refractivity contribution in [3.8, 4) is 0 Å². The van der Waals surface area contributed by atoms with Crippen LogP contribution in [0.4, 0.5) is 5.69 Å². The Balaban J connectivity index is 1.81. The highest BCUT2D eigenvalue weighted by molar-refractivity contribution is 5.96. The average Bonchev–Trinajstić information content (AvgIpc) is 2.61. The van der Waals surface area contributed by atoms with Crippen molar-refractivity contribution in [1.29, 1.82) is 0 Å². The van der Waals surface area contributed by atoms with Gasteiger partial charge in [0, 0.05) is 38.8 Å². The van der Waals surface area contributed by atoms with Crippen LogP contribution in [0.3, 0.4) is 0 Å². The van der Waals surface area contributed by atoms with Gasteiger partial charge < -0.3 is 14.8 Å². The first kappa shape index (κ1) is 16.8. The van der Waals surface area contributed by atoms with Crippen LogP contribution in [-0.2, 0) is 6.54 Å². The summed E-state index contributed by atoms with van der Waals surface area (Å²) in [5, 5.41) is 1.35. The molecule has 5 nitrogen and oxygen atoms in total. The number of carbonyl (C=O) groups excluding carboxylic acids is 1. The molecule has 0 fully saturated rings. The van der Waals surface area contributed by atoms with Crippen LogP contribution in [0.5, 0.6) is 0 Å². The predicted molar refractivity (Wildman–Crippen MR) is 101 cm³/mol. The number of nitrogens with one attached hydrogen (secondary N) is 1. The maximum atomic E-state index is 12.7. The first-order chi connectivity index (χ1) is 12.0. The van der Waals surface area contributed by atoms with Crippen LogP contribution < -0.4 is 10.5 Å². The molecule has 0 unspecified atom stereocenters. The summed E-state index contributed by atoms with van der Waals surface area (Å²) in [7, 11) is 5.71. The van der Waals surface area contributed by atoms with Crippen molar-refractivity contribution in [2.24, 2.45) is 0 Å². The van der Waals surface area contributed by atoms with Crippen LogP contribution in [0.1, 0.15) is 16.1 Å². The number of aromatic amines is 1. The Bertz CT molecular complexity index is 959. The van der Waals surface area contributed by atoms with Crippen LogP contribution in [0, 0.1) is 0 Å². The molecule has 1 heterocycles. The van der Waals surface area contributed by atoms with Crippen molar-refractivity contribution in [3.63, 3.8) is 0 Å². The highest BCUT2D eigenvalue weighted by atomic mass is 16.2. The molecule has 0 saturated carbocycles. The normalized spacial score (nSPS) is 10.7. The molecule has 5 heteroatoms. The number of anilines is 1. The van der Waals surface area contributed by atoms with Gasteiger partial charge in [-0.2, -0.15) is 0 Å². The molecule has 0 radical (unpaired) electrons. The summed E-state index contributed by atoms with van der Waals surface area (Å²) >= 11 is 0. The Labute approximate surface area is 146 Å². The highest BCUT2D eigenvalue weighted by Gasteiger charge is 2.14. The molecule has 0 aliphatic heterocycles. The number of benzene rings is 2. The minimum absolute atomic E-state index is 0.209. The first-order valence-electron chi connectivity index (χ1n) is 8.09. The number of rotatable bonds is 4. The summed E-state index contributed by atoms with van der Waals surface area (Å²) in [5.41, 5.74) is 2.20. The van der Waals surface area contributed by atoms with Gasteiger partial charge >= 0.3 is 0 Å². The molecular formula is C20H21N3O2. The lowest BCUT2D eigenvalue weighted by molar-refractivity contribution is 0.0779. The number of pyridine rings is 1. The number of fused-ring (bicyclic) bond motifs is 1. The van der Waals surface area contributed by atoms with Gasteiger partial charge in [0.15, 0.2) is 0 Å². The molecule has 128 valence electrons. The van der Waals surface area contributed by atoms with Crippen molar-refractivity contribution >= 4 is 22.4 Å². The van der Waals surface area contributed by atoms with Crippen LogP contribution in [-0.4, -0.2) is 36.9 Å². The fourth-order valence-electron chi connectivity index (χ4n) is 2.78. The molecule has 0 saturated heterocycles. The SMILES string of the molecule is CN(Cc1ccc(N(C)C)cc1)C(=O)c1cc2ccccc2c(=O)[nH]1. The summed E-state index contributed by atoms with van der Waals surface area (Å²) in [4.78, 5) is 31.1. The van der Waals surface area contributed by atoms with Gasteiger partial charge in [0.05, 0.1) is 0 Å². The molecular weight excluding hydrogens is 314 g/mol. The number of hydrogen-bond donors (Lipinski definition) is 1. The molecule has 25 heavy (non-hydrogen) atoms. The summed E-state index contributed by atoms with van der Waals surface area (Å²) < 4.78 is 0. The van der Waals surface area contributed by atoms with Crippen molar-refractivity contribution in [3.05, 3.63) is 76.2 Å². The predicted octanol–water partition coefficient (Wildman–Crippen LogP) is 2.87. The number of aromatic nitrogens is 1. The molecule has 0 aliphatic rings. The summed E-state index contributed by atoms with van der Waals surface area (Å²) in [6.07, 6.45) is 0. The second kappa shape index (κ2) is 6.81. The third kappa shape index (κ3) is 3.55. The zero-order valence-electron chi connectivity index (χ0n) is 14.6. The van der Waals surface area contributed by atoms with E-state index in [0.29, 0.717) is 17.6 Å². The van der Waals surface area contributed by atoms with E-state index in [1.807, 2.05) is 61.5 Å². The minimum atomic E-state index is -0.245. The van der Waals surface area contributed by atoms with Gasteiger partial charge in [-0.25, -0.2) is 0 Å². The number of H-pyrrole nitrogens is 1. The lowest BCUT2D eigenvalue weighted by Gasteiger charge is -2.18. The Morgan fingerprint density at radius 3 is 2.36 bits per heavy atom. The van der Waals surface area contributed by atoms with E-state index in [0.717, 1.165) is 16.6 Å². The van der Waals surface area contributed by atoms with Gasteiger partial charge in [0.2, 0.25) is 0 Å². The zero-order chi connectivity index (χ0) is 18.0. The Morgan fingerprint density at radius 1 is 1.00 bits per heavy atom. The molecule has 3 aromatic rings. The molecule has 0 bridgehead atoms. The quantitative estimate of drug-likeness (QED) is 0.798. The van der Waals surface area contributed by atoms with Crippen LogP contribution in [0.25, 0.3) is 10.8 Å². The van der Waals surface area contributed by atoms with E-state index in [-0.39, 0.29) is 11.5 Å². The van der Waals surface area contributed by atoms with Gasteiger partial charge in [-0.1, -0.05) is 30.3 Å². The zero-order valence-corrected chi connectivity index (χ0v) is 14.6. The number of amides is 1. The van der Waals surface area contributed by atoms with E-state index in [2.05, 4.69) is 4.98 Å². The Kier molecular flexibility index (Phi) is 4.57. The molecule has 2 aromatic carbocycles. The van der Waals surface area contributed by atoms with Gasteiger partial charge in [-0.15, -0.1) is 0 Å². The van der Waals surface area contributed by atoms with Crippen molar-refractivity contribution in [2.75, 3.05) is 26.0 Å². The van der Waals surface area contributed by atoms with Crippen LogP contribution >= 0.6 is 0 Å². The van der Waals surface area contributed by atoms with Gasteiger partial charge in [-0.3, -0.25) is 9.59 Å². The van der Waals surface area contributed by atoms with E-state index in [9.17, 15) is 9.59 Å². The summed E-state index contributed by atoms with van der Waals surface area (Å²) in [5.74, 6) is -0.209. The van der Waals surface area contributed by atoms with Crippen molar-refractivity contribution < 1.29 is 4.79 Å². The maximum Gasteiger partial charge on any atom is 0.270 e. The monoisotopic (exact) mass is 335 g/mol. The third-order valence-corrected chi connectivity index (χ3v) is 4.20. The molecule has 1 aromatic heterocycles. The van der Waals surface area contributed by atoms with Crippen LogP contribution in [0.15, 0.2) is 59.4 Å². The molecule has 3 rings (SSSR count). The standard InChI is InChI=1S/C20H21N3O2/c1-22(2)16-10-8-14(9-11-16)13-23(3)20(25)18-12-15-6-4-5-7-17(15)19(24)21-18/h4-12H,13H2,1-3H3,(H,21,24). The third-order valence-electron chi connectivity index (χ3n) is 4.20. The van der Waals surface area contributed by atoms with Crippen molar-refractivity contribution in [2.45, 2.75) is 6.54 Å². The van der Waals surface area contributed by atoms with E-state index in [1.54, 1.807) is 24.1 Å². The molecule has 0 atom stereocenters. The number of carbonyl (C=O) groups is 1. The van der Waals surface area contributed by atoms with Crippen LogP contribution in [0.2, 0.25) is 0 Å². The topological polar surface area (TPSA) is 56.4 Å². The fourth-order valence-corrected chi connectivity index (χ4v) is 2.78. The van der Waals surface area contributed by atoms with E-state index < -0.39 is 0 Å². The van der Waals surface area contributed by atoms with E-state index in [4.69, 9.17) is 0 Å². The second-order valence-electron chi connectivity index (χ2n) is 6.32. The summed E-state index contributed by atoms with van der Waals surface area (Å²) in [6.45, 7) is 0.474. The highest BCUT2D eigenvalue weighted by Crippen LogP contribution is 2.15. The van der Waals surface area contributed by atoms with E-state index in [1.165, 1.54) is 0 Å². The Morgan fingerprint density at radius 2 is 1.68 bits per heavy atom. The smallest absolute Gasteiger partial charge is 0.270 e. The fraction of sp³-hybridized carbons (Fsp3) is 0.200. The first-order valence-corrected chi connectivity index (χ1v) is 8.09. The minimum Gasteiger partial charge on any atom is -0.378 e. The van der Waals surface area contributed by atoms with Gasteiger partial charge in [-0.05, 0) is 35.2 Å². The van der Waals surface area contributed by atoms with E-state index >= 15 is 0 Å². The molecule has 0 aliphatic carbocycles. The average molecular weight is 335 g/mol. The second-order valence-corrected chi connectivity index (χ2v) is 6.32. The maximum absolute atomic E-state index is 12.7. The molecule has 1 N–H and O–H groups in total. The van der Waals surface area contributed by atoms with Gasteiger partial charge in [0.1, 0.15) is 5.69 Å². The largest absolute Gasteiger partial charge is 0.378 e.